The minimum Gasteiger partial charge on any atom is -0.477 e. The Kier molecular flexibility index (Phi) is 5.27. The maximum atomic E-state index is 12.0. The average molecular weight is 360 g/mol. The zero-order valence-corrected chi connectivity index (χ0v) is 13.6. The molecular formula is C18H18NO7+. The molecule has 8 nitrogen and oxygen atoms in total. The Labute approximate surface area is 148 Å². The molecule has 3 N–H and O–H groups in total. The summed E-state index contributed by atoms with van der Waals surface area (Å²) in [5.74, 6) is -1.69. The highest BCUT2D eigenvalue weighted by molar-refractivity contribution is 5.89. The van der Waals surface area contributed by atoms with Crippen molar-refractivity contribution in [1.29, 1.82) is 0 Å². The predicted octanol–water partition coefficient (Wildman–Crippen LogP) is 0.148. The van der Waals surface area contributed by atoms with E-state index in [1.54, 1.807) is 30.3 Å². The third-order valence-electron chi connectivity index (χ3n) is 4.09. The summed E-state index contributed by atoms with van der Waals surface area (Å²) < 4.78 is 12.1. The van der Waals surface area contributed by atoms with Crippen molar-refractivity contribution >= 4 is 11.9 Å². The first-order valence-corrected chi connectivity index (χ1v) is 7.95. The van der Waals surface area contributed by atoms with Gasteiger partial charge in [-0.2, -0.15) is 4.57 Å². The zero-order valence-electron chi connectivity index (χ0n) is 13.6. The van der Waals surface area contributed by atoms with E-state index in [-0.39, 0.29) is 12.2 Å². The van der Waals surface area contributed by atoms with Crippen molar-refractivity contribution in [3.8, 4) is 0 Å². The van der Waals surface area contributed by atoms with Gasteiger partial charge in [0.1, 0.15) is 24.4 Å². The van der Waals surface area contributed by atoms with Gasteiger partial charge < -0.3 is 24.8 Å². The number of nitrogens with zero attached hydrogens (tertiary/aromatic N) is 1. The SMILES string of the molecule is O=C(O)c1ccc[n+]([C@@H]2O[C@H](COC(=O)c3ccccc3)[C@@H](O)[C@H]2O)c1. The molecule has 0 saturated carbocycles. The highest BCUT2D eigenvalue weighted by Crippen LogP contribution is 2.26. The standard InChI is InChI=1S/C18H17NO7/c20-14-13(10-25-18(24)11-5-2-1-3-6-11)26-16(15(14)21)19-8-4-7-12(9-19)17(22)23/h1-9,13-16,20-21H,10H2/p+1/t13-,14-,15-,16-/m1/s1. The molecule has 0 bridgehead atoms. The van der Waals surface area contributed by atoms with Crippen LogP contribution in [0.15, 0.2) is 54.9 Å². The number of aliphatic hydroxyl groups is 2. The van der Waals surface area contributed by atoms with Gasteiger partial charge in [-0.1, -0.05) is 18.2 Å². The summed E-state index contributed by atoms with van der Waals surface area (Å²) in [5, 5.41) is 29.4. The molecule has 0 spiro atoms. The molecule has 136 valence electrons. The van der Waals surface area contributed by atoms with Crippen LogP contribution in [0.4, 0.5) is 0 Å². The molecule has 1 fully saturated rings. The molecule has 1 aliphatic rings. The molecular weight excluding hydrogens is 342 g/mol. The second-order valence-electron chi connectivity index (χ2n) is 5.86. The molecule has 0 unspecified atom stereocenters. The molecule has 0 amide bonds. The minimum absolute atomic E-state index is 0.0109. The number of ether oxygens (including phenoxy) is 2. The first-order valence-electron chi connectivity index (χ1n) is 7.95. The van der Waals surface area contributed by atoms with Gasteiger partial charge in [-0.3, -0.25) is 0 Å². The highest BCUT2D eigenvalue weighted by atomic mass is 16.6. The number of carbonyl (C=O) groups is 2. The fourth-order valence-electron chi connectivity index (χ4n) is 2.71. The molecule has 1 aromatic carbocycles. The number of hydrogen-bond acceptors (Lipinski definition) is 6. The first-order chi connectivity index (χ1) is 12.5. The maximum absolute atomic E-state index is 12.0. The average Bonchev–Trinajstić information content (AvgIpc) is 2.95. The number of esters is 1. The summed E-state index contributed by atoms with van der Waals surface area (Å²) in [6, 6.07) is 11.2. The third-order valence-corrected chi connectivity index (χ3v) is 4.09. The number of aromatic carboxylic acids is 1. The number of hydrogen-bond donors (Lipinski definition) is 3. The Balaban J connectivity index is 1.67. The summed E-state index contributed by atoms with van der Waals surface area (Å²) in [7, 11) is 0. The van der Waals surface area contributed by atoms with Crippen LogP contribution in [-0.4, -0.2) is 52.2 Å². The lowest BCUT2D eigenvalue weighted by atomic mass is 10.1. The Morgan fingerprint density at radius 1 is 1.04 bits per heavy atom. The number of carboxylic acids is 1. The van der Waals surface area contributed by atoms with Crippen molar-refractivity contribution in [2.24, 2.45) is 0 Å². The molecule has 26 heavy (non-hydrogen) atoms. The van der Waals surface area contributed by atoms with Crippen LogP contribution in [0.25, 0.3) is 0 Å². The van der Waals surface area contributed by atoms with Gasteiger partial charge in [-0.05, 0) is 18.2 Å². The second kappa shape index (κ2) is 7.61. The van der Waals surface area contributed by atoms with Crippen LogP contribution in [0, 0.1) is 0 Å². The fourth-order valence-corrected chi connectivity index (χ4v) is 2.71. The van der Waals surface area contributed by atoms with Crippen LogP contribution < -0.4 is 4.57 Å². The van der Waals surface area contributed by atoms with Gasteiger partial charge in [0, 0.05) is 6.07 Å². The molecule has 2 aromatic rings. The van der Waals surface area contributed by atoms with Gasteiger partial charge in [-0.25, -0.2) is 9.59 Å². The van der Waals surface area contributed by atoms with Gasteiger partial charge >= 0.3 is 11.9 Å². The number of aliphatic hydroxyl groups excluding tert-OH is 2. The van der Waals surface area contributed by atoms with Gasteiger partial charge in [0.25, 0.3) is 6.23 Å². The lowest BCUT2D eigenvalue weighted by molar-refractivity contribution is -0.765. The van der Waals surface area contributed by atoms with E-state index in [1.807, 2.05) is 0 Å². The van der Waals surface area contributed by atoms with Crippen molar-refractivity contribution in [2.75, 3.05) is 6.61 Å². The Hall–Kier alpha value is -2.81. The number of carboxylic acid groups (broad SMARTS) is 1. The van der Waals surface area contributed by atoms with Crippen molar-refractivity contribution in [2.45, 2.75) is 24.5 Å². The van der Waals surface area contributed by atoms with Crippen LogP contribution in [0.1, 0.15) is 26.9 Å². The van der Waals surface area contributed by atoms with Crippen molar-refractivity contribution in [3.63, 3.8) is 0 Å². The molecule has 2 heterocycles. The lowest BCUT2D eigenvalue weighted by Gasteiger charge is -2.13. The number of benzene rings is 1. The van der Waals surface area contributed by atoms with Gasteiger partial charge in [0.05, 0.1) is 5.56 Å². The molecule has 1 aromatic heterocycles. The smallest absolute Gasteiger partial charge is 0.341 e. The monoisotopic (exact) mass is 360 g/mol. The van der Waals surface area contributed by atoms with E-state index in [4.69, 9.17) is 14.6 Å². The number of aromatic nitrogens is 1. The van der Waals surface area contributed by atoms with Crippen molar-refractivity contribution in [1.82, 2.24) is 0 Å². The summed E-state index contributed by atoms with van der Waals surface area (Å²) in [5.41, 5.74) is 0.373. The quantitative estimate of drug-likeness (QED) is 0.513. The van der Waals surface area contributed by atoms with Gasteiger partial charge in [0.15, 0.2) is 18.5 Å². The lowest BCUT2D eigenvalue weighted by Crippen LogP contribution is -2.46. The highest BCUT2D eigenvalue weighted by Gasteiger charge is 2.48. The van der Waals surface area contributed by atoms with E-state index in [2.05, 4.69) is 0 Å². The first kappa shape index (κ1) is 18.0. The number of carbonyl (C=O) groups excluding carboxylic acids is 1. The molecule has 3 rings (SSSR count). The normalized spacial score (nSPS) is 25.0. The van der Waals surface area contributed by atoms with E-state index in [0.29, 0.717) is 5.56 Å². The van der Waals surface area contributed by atoms with E-state index in [9.17, 15) is 19.8 Å². The number of rotatable bonds is 5. The van der Waals surface area contributed by atoms with Gasteiger partial charge in [0.2, 0.25) is 0 Å². The van der Waals surface area contributed by atoms with Crippen LogP contribution in [0.2, 0.25) is 0 Å². The minimum atomic E-state index is -1.30. The van der Waals surface area contributed by atoms with Crippen LogP contribution in [-0.2, 0) is 9.47 Å². The molecule has 1 aliphatic heterocycles. The largest absolute Gasteiger partial charge is 0.477 e. The Bertz CT molecular complexity index is 795. The van der Waals surface area contributed by atoms with E-state index >= 15 is 0 Å². The predicted molar refractivity (Wildman–Crippen MR) is 86.2 cm³/mol. The summed E-state index contributed by atoms with van der Waals surface area (Å²) in [6.07, 6.45) is -1.71. The summed E-state index contributed by atoms with van der Waals surface area (Å²) in [4.78, 5) is 23.0. The van der Waals surface area contributed by atoms with Crippen LogP contribution in [0.3, 0.4) is 0 Å². The third kappa shape index (κ3) is 3.72. The van der Waals surface area contributed by atoms with E-state index in [1.165, 1.54) is 29.1 Å². The number of pyridine rings is 1. The molecule has 0 aliphatic carbocycles. The topological polar surface area (TPSA) is 117 Å². The maximum Gasteiger partial charge on any atom is 0.341 e. The molecule has 4 atom stereocenters. The summed E-state index contributed by atoms with van der Waals surface area (Å²) >= 11 is 0. The van der Waals surface area contributed by atoms with Gasteiger partial charge in [-0.15, -0.1) is 0 Å². The molecule has 8 heteroatoms. The van der Waals surface area contributed by atoms with Crippen LogP contribution >= 0.6 is 0 Å². The molecule has 1 saturated heterocycles. The Morgan fingerprint density at radius 3 is 2.42 bits per heavy atom. The van der Waals surface area contributed by atoms with Crippen LogP contribution in [0.5, 0.6) is 0 Å². The summed E-state index contributed by atoms with van der Waals surface area (Å²) in [6.45, 7) is -0.248. The van der Waals surface area contributed by atoms with E-state index in [0.717, 1.165) is 0 Å². The van der Waals surface area contributed by atoms with E-state index < -0.39 is 36.5 Å². The Morgan fingerprint density at radius 2 is 1.73 bits per heavy atom. The van der Waals surface area contributed by atoms with Crippen molar-refractivity contribution < 1.29 is 38.9 Å². The second-order valence-corrected chi connectivity index (χ2v) is 5.86. The van der Waals surface area contributed by atoms with Crippen molar-refractivity contribution in [3.05, 3.63) is 66.0 Å². The fraction of sp³-hybridized carbons (Fsp3) is 0.278. The molecule has 0 radical (unpaired) electrons. The zero-order chi connectivity index (χ0) is 18.7.